The summed E-state index contributed by atoms with van der Waals surface area (Å²) in [6, 6.07) is 6.69. The molecule has 0 aromatic heterocycles. The quantitative estimate of drug-likeness (QED) is 0.633. The van der Waals surface area contributed by atoms with Crippen molar-refractivity contribution in [2.75, 3.05) is 23.7 Å². The van der Waals surface area contributed by atoms with Crippen molar-refractivity contribution in [1.82, 2.24) is 4.90 Å². The number of carbonyl (C=O) groups excluding carboxylic acids is 2. The summed E-state index contributed by atoms with van der Waals surface area (Å²) < 4.78 is 0. The number of nitrogens with two attached hydrogens (primary N) is 1. The highest BCUT2D eigenvalue weighted by atomic mass is 16.4. The van der Waals surface area contributed by atoms with Crippen molar-refractivity contribution in [2.24, 2.45) is 5.73 Å². The van der Waals surface area contributed by atoms with Crippen LogP contribution in [0, 0.1) is 0 Å². The Hall–Kier alpha value is -2.61. The standard InChI is InChI=1S/C17H22N4O4/c18-11(5-6-14(22)23)15(24)21-9-7-17(8-10-21)16(25)19-12-3-1-2-4-13(12)20-17/h1-4,11,20H,5-10,18H2,(H,19,25)(H,22,23)/t11-/m0/s1. The van der Waals surface area contributed by atoms with Gasteiger partial charge in [0.15, 0.2) is 0 Å². The van der Waals surface area contributed by atoms with Crippen molar-refractivity contribution in [1.29, 1.82) is 0 Å². The molecule has 2 aliphatic rings. The Morgan fingerprint density at radius 1 is 1.24 bits per heavy atom. The van der Waals surface area contributed by atoms with Crippen LogP contribution in [0.4, 0.5) is 11.4 Å². The number of nitrogens with one attached hydrogen (secondary N) is 2. The monoisotopic (exact) mass is 346 g/mol. The number of hydrogen-bond donors (Lipinski definition) is 4. The Bertz CT molecular complexity index is 698. The summed E-state index contributed by atoms with van der Waals surface area (Å²) in [4.78, 5) is 37.1. The van der Waals surface area contributed by atoms with Crippen molar-refractivity contribution in [3.8, 4) is 0 Å². The van der Waals surface area contributed by atoms with Gasteiger partial charge in [0.1, 0.15) is 5.54 Å². The second kappa shape index (κ2) is 6.72. The van der Waals surface area contributed by atoms with Crippen LogP contribution in [0.3, 0.4) is 0 Å². The third-order valence-corrected chi connectivity index (χ3v) is 4.90. The number of para-hydroxylation sites is 2. The van der Waals surface area contributed by atoms with Crippen molar-refractivity contribution >= 4 is 29.2 Å². The molecule has 1 saturated heterocycles. The van der Waals surface area contributed by atoms with E-state index < -0.39 is 17.6 Å². The van der Waals surface area contributed by atoms with E-state index in [4.69, 9.17) is 10.8 Å². The van der Waals surface area contributed by atoms with E-state index in [1.54, 1.807) is 4.90 Å². The Kier molecular flexibility index (Phi) is 4.63. The Labute approximate surface area is 145 Å². The lowest BCUT2D eigenvalue weighted by atomic mass is 9.84. The van der Waals surface area contributed by atoms with Gasteiger partial charge in [-0.15, -0.1) is 0 Å². The molecule has 0 radical (unpaired) electrons. The first-order chi connectivity index (χ1) is 11.9. The lowest BCUT2D eigenvalue weighted by Crippen LogP contribution is -2.60. The van der Waals surface area contributed by atoms with Crippen LogP contribution in [0.15, 0.2) is 24.3 Å². The van der Waals surface area contributed by atoms with E-state index in [9.17, 15) is 14.4 Å². The van der Waals surface area contributed by atoms with E-state index in [2.05, 4.69) is 10.6 Å². The summed E-state index contributed by atoms with van der Waals surface area (Å²) in [5.74, 6) is -1.32. The molecule has 0 unspecified atom stereocenters. The van der Waals surface area contributed by atoms with Crippen LogP contribution in [0.1, 0.15) is 25.7 Å². The minimum absolute atomic E-state index is 0.0894. The first kappa shape index (κ1) is 17.2. The molecule has 2 amide bonds. The highest BCUT2D eigenvalue weighted by Crippen LogP contribution is 2.36. The van der Waals surface area contributed by atoms with Crippen molar-refractivity contribution in [3.63, 3.8) is 0 Å². The molecular formula is C17H22N4O4. The van der Waals surface area contributed by atoms with Gasteiger partial charge in [0.05, 0.1) is 17.4 Å². The minimum atomic E-state index is -0.970. The zero-order chi connectivity index (χ0) is 18.0. The zero-order valence-corrected chi connectivity index (χ0v) is 13.8. The van der Waals surface area contributed by atoms with E-state index in [0.29, 0.717) is 25.9 Å². The van der Waals surface area contributed by atoms with E-state index in [0.717, 1.165) is 11.4 Å². The number of carboxylic acids is 1. The number of nitrogens with zero attached hydrogens (tertiary/aromatic N) is 1. The smallest absolute Gasteiger partial charge is 0.303 e. The van der Waals surface area contributed by atoms with Gasteiger partial charge in [-0.3, -0.25) is 14.4 Å². The second-order valence-electron chi connectivity index (χ2n) is 6.57. The van der Waals surface area contributed by atoms with E-state index in [-0.39, 0.29) is 24.7 Å². The van der Waals surface area contributed by atoms with Gasteiger partial charge in [-0.2, -0.15) is 0 Å². The largest absolute Gasteiger partial charge is 0.481 e. The summed E-state index contributed by atoms with van der Waals surface area (Å²) in [7, 11) is 0. The average Bonchev–Trinajstić information content (AvgIpc) is 2.60. The highest BCUT2D eigenvalue weighted by molar-refractivity contribution is 6.06. The predicted molar refractivity (Wildman–Crippen MR) is 92.1 cm³/mol. The molecule has 0 saturated carbocycles. The van der Waals surface area contributed by atoms with Crippen LogP contribution in [-0.2, 0) is 14.4 Å². The molecule has 1 aromatic carbocycles. The topological polar surface area (TPSA) is 125 Å². The van der Waals surface area contributed by atoms with E-state index in [1.807, 2.05) is 24.3 Å². The number of piperidine rings is 1. The highest BCUT2D eigenvalue weighted by Gasteiger charge is 2.45. The van der Waals surface area contributed by atoms with Gasteiger partial charge in [-0.25, -0.2) is 0 Å². The van der Waals surface area contributed by atoms with Crippen LogP contribution >= 0.6 is 0 Å². The van der Waals surface area contributed by atoms with Crippen molar-refractivity contribution < 1.29 is 19.5 Å². The number of likely N-dealkylation sites (tertiary alicyclic amines) is 1. The van der Waals surface area contributed by atoms with Gasteiger partial charge < -0.3 is 26.4 Å². The molecule has 1 atom stereocenters. The van der Waals surface area contributed by atoms with Crippen molar-refractivity contribution in [3.05, 3.63) is 24.3 Å². The lowest BCUT2D eigenvalue weighted by molar-refractivity contribution is -0.138. The second-order valence-corrected chi connectivity index (χ2v) is 6.57. The summed E-state index contributed by atoms with van der Waals surface area (Å²) in [5, 5.41) is 15.0. The summed E-state index contributed by atoms with van der Waals surface area (Å²) in [6.45, 7) is 0.810. The summed E-state index contributed by atoms with van der Waals surface area (Å²) in [5.41, 5.74) is 6.71. The number of fused-ring (bicyclic) bond motifs is 1. The molecule has 0 aliphatic carbocycles. The molecule has 1 aromatic rings. The SMILES string of the molecule is N[C@@H](CCC(=O)O)C(=O)N1CCC2(CC1)Nc1ccccc1NC2=O. The maximum atomic E-state index is 12.6. The van der Waals surface area contributed by atoms with Gasteiger partial charge in [0.2, 0.25) is 11.8 Å². The molecule has 25 heavy (non-hydrogen) atoms. The van der Waals surface area contributed by atoms with Gasteiger partial charge in [-0.1, -0.05) is 12.1 Å². The summed E-state index contributed by atoms with van der Waals surface area (Å²) >= 11 is 0. The average molecular weight is 346 g/mol. The Balaban J connectivity index is 1.63. The maximum Gasteiger partial charge on any atom is 0.303 e. The van der Waals surface area contributed by atoms with Crippen LogP contribution in [0.2, 0.25) is 0 Å². The Morgan fingerprint density at radius 2 is 1.88 bits per heavy atom. The molecule has 0 bridgehead atoms. The van der Waals surface area contributed by atoms with Crippen molar-refractivity contribution in [2.45, 2.75) is 37.3 Å². The van der Waals surface area contributed by atoms with Crippen LogP contribution < -0.4 is 16.4 Å². The molecule has 2 aliphatic heterocycles. The fourth-order valence-corrected chi connectivity index (χ4v) is 3.36. The molecule has 8 nitrogen and oxygen atoms in total. The molecule has 8 heteroatoms. The normalized spacial score (nSPS) is 19.6. The van der Waals surface area contributed by atoms with Gasteiger partial charge in [0, 0.05) is 19.5 Å². The van der Waals surface area contributed by atoms with Crippen LogP contribution in [0.25, 0.3) is 0 Å². The van der Waals surface area contributed by atoms with E-state index in [1.165, 1.54) is 0 Å². The number of carboxylic acid groups (broad SMARTS) is 1. The molecule has 1 fully saturated rings. The number of anilines is 2. The van der Waals surface area contributed by atoms with Gasteiger partial charge >= 0.3 is 5.97 Å². The maximum absolute atomic E-state index is 12.6. The number of carbonyl (C=O) groups is 3. The molecule has 1 spiro atoms. The number of aliphatic carboxylic acids is 1. The lowest BCUT2D eigenvalue weighted by Gasteiger charge is -2.44. The fourth-order valence-electron chi connectivity index (χ4n) is 3.36. The Morgan fingerprint density at radius 3 is 2.52 bits per heavy atom. The molecule has 2 heterocycles. The molecule has 5 N–H and O–H groups in total. The number of rotatable bonds is 4. The van der Waals surface area contributed by atoms with Gasteiger partial charge in [-0.05, 0) is 31.4 Å². The summed E-state index contributed by atoms with van der Waals surface area (Å²) in [6.07, 6.45) is 0.933. The molecule has 134 valence electrons. The molecular weight excluding hydrogens is 324 g/mol. The first-order valence-corrected chi connectivity index (χ1v) is 8.36. The predicted octanol–water partition coefficient (Wildman–Crippen LogP) is 0.604. The molecule has 3 rings (SSSR count). The van der Waals surface area contributed by atoms with E-state index >= 15 is 0 Å². The number of benzene rings is 1. The first-order valence-electron chi connectivity index (χ1n) is 8.36. The number of hydrogen-bond acceptors (Lipinski definition) is 5. The van der Waals surface area contributed by atoms with Crippen LogP contribution in [0.5, 0.6) is 0 Å². The third-order valence-electron chi connectivity index (χ3n) is 4.90. The third kappa shape index (κ3) is 3.43. The van der Waals surface area contributed by atoms with Gasteiger partial charge in [0.25, 0.3) is 0 Å². The minimum Gasteiger partial charge on any atom is -0.481 e. The fraction of sp³-hybridized carbons (Fsp3) is 0.471. The zero-order valence-electron chi connectivity index (χ0n) is 13.8. The number of amides is 2. The van der Waals surface area contributed by atoms with Crippen LogP contribution in [-0.4, -0.2) is 52.5 Å².